The zero-order chi connectivity index (χ0) is 17.6. The lowest BCUT2D eigenvalue weighted by atomic mass is 9.98. The summed E-state index contributed by atoms with van der Waals surface area (Å²) in [7, 11) is 1.34. The Balaban J connectivity index is 1.62. The van der Waals surface area contributed by atoms with Gasteiger partial charge in [-0.1, -0.05) is 6.07 Å². The zero-order valence-electron chi connectivity index (χ0n) is 14.1. The van der Waals surface area contributed by atoms with E-state index in [9.17, 15) is 9.59 Å². The standard InChI is InChI=1S/C18H21NO6/c1-22-18(21)14(9-19-17(20)13-3-2-6-23-10-13)7-12-4-5-15-16(8-12)25-11-24-15/h4-5,8,10,14H,2-3,6-7,9,11H2,1H3,(H,19,20)/t14-/m0/s1. The molecule has 0 unspecified atom stereocenters. The Hall–Kier alpha value is -2.70. The lowest BCUT2D eigenvalue weighted by Crippen LogP contribution is -2.35. The second-order valence-corrected chi connectivity index (χ2v) is 5.94. The SMILES string of the molecule is COC(=O)[C@H](CNC(=O)C1=COCCC1)Cc1ccc2c(c1)OCO2. The minimum Gasteiger partial charge on any atom is -0.501 e. The minimum atomic E-state index is -0.487. The Morgan fingerprint density at radius 3 is 2.88 bits per heavy atom. The number of ether oxygens (including phenoxy) is 4. The smallest absolute Gasteiger partial charge is 0.310 e. The number of nitrogens with one attached hydrogen (secondary N) is 1. The van der Waals surface area contributed by atoms with Gasteiger partial charge in [0.2, 0.25) is 12.7 Å². The molecule has 2 aliphatic heterocycles. The molecule has 0 aliphatic carbocycles. The average Bonchev–Trinajstić information content (AvgIpc) is 3.12. The number of hydrogen-bond donors (Lipinski definition) is 1. The van der Waals surface area contributed by atoms with E-state index in [1.54, 1.807) is 0 Å². The van der Waals surface area contributed by atoms with Crippen LogP contribution in [0.2, 0.25) is 0 Å². The monoisotopic (exact) mass is 347 g/mol. The lowest BCUT2D eigenvalue weighted by molar-refractivity contribution is -0.145. The van der Waals surface area contributed by atoms with Gasteiger partial charge in [-0.25, -0.2) is 0 Å². The third kappa shape index (κ3) is 4.23. The van der Waals surface area contributed by atoms with Gasteiger partial charge in [0, 0.05) is 6.54 Å². The first-order chi connectivity index (χ1) is 12.2. The van der Waals surface area contributed by atoms with Crippen LogP contribution in [-0.4, -0.2) is 38.9 Å². The Labute approximate surface area is 145 Å². The summed E-state index contributed by atoms with van der Waals surface area (Å²) in [6, 6.07) is 5.54. The number of carbonyl (C=O) groups excluding carboxylic acids is 2. The van der Waals surface area contributed by atoms with Crippen LogP contribution >= 0.6 is 0 Å². The van der Waals surface area contributed by atoms with Crippen molar-refractivity contribution in [3.8, 4) is 11.5 Å². The third-order valence-corrected chi connectivity index (χ3v) is 4.19. The Morgan fingerprint density at radius 1 is 1.28 bits per heavy atom. The highest BCUT2D eigenvalue weighted by Gasteiger charge is 2.23. The molecular formula is C18H21NO6. The molecule has 0 saturated heterocycles. The number of hydrogen-bond acceptors (Lipinski definition) is 6. The minimum absolute atomic E-state index is 0.192. The second kappa shape index (κ2) is 7.92. The van der Waals surface area contributed by atoms with Crippen molar-refractivity contribution >= 4 is 11.9 Å². The topological polar surface area (TPSA) is 83.1 Å². The first-order valence-electron chi connectivity index (χ1n) is 8.22. The molecule has 0 saturated carbocycles. The van der Waals surface area contributed by atoms with Crippen molar-refractivity contribution in [1.29, 1.82) is 0 Å². The van der Waals surface area contributed by atoms with Crippen LogP contribution in [-0.2, 0) is 25.5 Å². The maximum absolute atomic E-state index is 12.2. The molecule has 25 heavy (non-hydrogen) atoms. The first-order valence-corrected chi connectivity index (χ1v) is 8.22. The van der Waals surface area contributed by atoms with Gasteiger partial charge in [0.05, 0.1) is 31.5 Å². The summed E-state index contributed by atoms with van der Waals surface area (Å²) in [4.78, 5) is 24.2. The van der Waals surface area contributed by atoms with Crippen LogP contribution in [0.25, 0.3) is 0 Å². The molecule has 1 aromatic rings. The number of esters is 1. The van der Waals surface area contributed by atoms with E-state index in [0.29, 0.717) is 36.5 Å². The van der Waals surface area contributed by atoms with Crippen molar-refractivity contribution in [3.63, 3.8) is 0 Å². The highest BCUT2D eigenvalue weighted by Crippen LogP contribution is 2.33. The molecule has 1 N–H and O–H groups in total. The van der Waals surface area contributed by atoms with E-state index in [4.69, 9.17) is 18.9 Å². The summed E-state index contributed by atoms with van der Waals surface area (Å²) in [6.45, 7) is 1.02. The van der Waals surface area contributed by atoms with E-state index in [1.165, 1.54) is 13.4 Å². The van der Waals surface area contributed by atoms with Crippen molar-refractivity contribution in [2.24, 2.45) is 5.92 Å². The van der Waals surface area contributed by atoms with Gasteiger partial charge in [-0.05, 0) is 37.0 Å². The van der Waals surface area contributed by atoms with Crippen molar-refractivity contribution in [3.05, 3.63) is 35.6 Å². The van der Waals surface area contributed by atoms with Gasteiger partial charge < -0.3 is 24.3 Å². The Bertz CT molecular complexity index is 684. The normalized spacial score (nSPS) is 16.4. The maximum Gasteiger partial charge on any atom is 0.310 e. The van der Waals surface area contributed by atoms with E-state index < -0.39 is 5.92 Å². The summed E-state index contributed by atoms with van der Waals surface area (Å²) in [6.07, 6.45) is 3.41. The summed E-state index contributed by atoms with van der Waals surface area (Å²) in [5.41, 5.74) is 1.51. The number of benzene rings is 1. The molecule has 134 valence electrons. The van der Waals surface area contributed by atoms with E-state index in [-0.39, 0.29) is 25.2 Å². The molecular weight excluding hydrogens is 326 g/mol. The predicted octanol–water partition coefficient (Wildman–Crippen LogP) is 1.56. The molecule has 0 fully saturated rings. The fourth-order valence-electron chi connectivity index (χ4n) is 2.82. The molecule has 0 aromatic heterocycles. The third-order valence-electron chi connectivity index (χ3n) is 4.19. The van der Waals surface area contributed by atoms with Crippen LogP contribution in [0.1, 0.15) is 18.4 Å². The van der Waals surface area contributed by atoms with Gasteiger partial charge >= 0.3 is 5.97 Å². The molecule has 0 radical (unpaired) electrons. The van der Waals surface area contributed by atoms with Crippen LogP contribution in [0.15, 0.2) is 30.0 Å². The maximum atomic E-state index is 12.2. The van der Waals surface area contributed by atoms with Gasteiger partial charge in [-0.2, -0.15) is 0 Å². The molecule has 1 aromatic carbocycles. The van der Waals surface area contributed by atoms with E-state index in [0.717, 1.165) is 12.0 Å². The fraction of sp³-hybridized carbons (Fsp3) is 0.444. The predicted molar refractivity (Wildman–Crippen MR) is 88.1 cm³/mol. The number of methoxy groups -OCH3 is 1. The van der Waals surface area contributed by atoms with Crippen LogP contribution in [0.3, 0.4) is 0 Å². The highest BCUT2D eigenvalue weighted by atomic mass is 16.7. The number of amides is 1. The van der Waals surface area contributed by atoms with E-state index in [2.05, 4.69) is 5.32 Å². The summed E-state index contributed by atoms with van der Waals surface area (Å²) in [5, 5.41) is 2.80. The van der Waals surface area contributed by atoms with Crippen LogP contribution in [0.4, 0.5) is 0 Å². The summed E-state index contributed by atoms with van der Waals surface area (Å²) < 4.78 is 20.7. The fourth-order valence-corrected chi connectivity index (χ4v) is 2.82. The van der Waals surface area contributed by atoms with Crippen molar-refractivity contribution in [2.45, 2.75) is 19.3 Å². The zero-order valence-corrected chi connectivity index (χ0v) is 14.1. The van der Waals surface area contributed by atoms with Gasteiger partial charge in [0.15, 0.2) is 11.5 Å². The number of fused-ring (bicyclic) bond motifs is 1. The van der Waals surface area contributed by atoms with Crippen LogP contribution < -0.4 is 14.8 Å². The van der Waals surface area contributed by atoms with Gasteiger partial charge in [-0.3, -0.25) is 9.59 Å². The summed E-state index contributed by atoms with van der Waals surface area (Å²) in [5.74, 6) is 0.288. The summed E-state index contributed by atoms with van der Waals surface area (Å²) >= 11 is 0. The molecule has 2 aliphatic rings. The largest absolute Gasteiger partial charge is 0.501 e. The molecule has 0 spiro atoms. The van der Waals surface area contributed by atoms with E-state index in [1.807, 2.05) is 18.2 Å². The van der Waals surface area contributed by atoms with Gasteiger partial charge in [-0.15, -0.1) is 0 Å². The number of carbonyl (C=O) groups is 2. The molecule has 2 heterocycles. The molecule has 1 atom stereocenters. The molecule has 7 nitrogen and oxygen atoms in total. The van der Waals surface area contributed by atoms with E-state index >= 15 is 0 Å². The molecule has 7 heteroatoms. The van der Waals surface area contributed by atoms with Crippen LogP contribution in [0, 0.1) is 5.92 Å². The average molecular weight is 347 g/mol. The molecule has 0 bridgehead atoms. The molecule has 3 rings (SSSR count). The first kappa shape index (κ1) is 17.1. The second-order valence-electron chi connectivity index (χ2n) is 5.94. The van der Waals surface area contributed by atoms with Gasteiger partial charge in [0.1, 0.15) is 0 Å². The van der Waals surface area contributed by atoms with Crippen molar-refractivity contribution in [2.75, 3.05) is 27.1 Å². The highest BCUT2D eigenvalue weighted by molar-refractivity contribution is 5.93. The Morgan fingerprint density at radius 2 is 2.12 bits per heavy atom. The van der Waals surface area contributed by atoms with Gasteiger partial charge in [0.25, 0.3) is 0 Å². The van der Waals surface area contributed by atoms with Crippen LogP contribution in [0.5, 0.6) is 11.5 Å². The lowest BCUT2D eigenvalue weighted by Gasteiger charge is -2.18. The quantitative estimate of drug-likeness (QED) is 0.787. The number of rotatable bonds is 6. The molecule has 1 amide bonds. The van der Waals surface area contributed by atoms with Crippen molar-refractivity contribution in [1.82, 2.24) is 5.32 Å². The Kier molecular flexibility index (Phi) is 5.42. The van der Waals surface area contributed by atoms with Crippen molar-refractivity contribution < 1.29 is 28.5 Å².